The Morgan fingerprint density at radius 1 is 1.55 bits per heavy atom. The van der Waals surface area contributed by atoms with Gasteiger partial charge < -0.3 is 10.6 Å². The molecule has 1 aromatic carbocycles. The number of rotatable bonds is 2. The van der Waals surface area contributed by atoms with Crippen LogP contribution >= 0.6 is 28.3 Å². The fourth-order valence-electron chi connectivity index (χ4n) is 2.68. The van der Waals surface area contributed by atoms with Crippen LogP contribution in [0.3, 0.4) is 0 Å². The van der Waals surface area contributed by atoms with Crippen molar-refractivity contribution in [3.8, 4) is 0 Å². The summed E-state index contributed by atoms with van der Waals surface area (Å²) in [5.74, 6) is -0.163. The normalized spacial score (nSPS) is 22.3. The maximum atomic E-state index is 13.3. The van der Waals surface area contributed by atoms with E-state index in [1.165, 1.54) is 12.1 Å². The number of carbonyl (C=O) groups excluding carboxylic acids is 1. The maximum absolute atomic E-state index is 13.3. The predicted octanol–water partition coefficient (Wildman–Crippen LogP) is 3.21. The summed E-state index contributed by atoms with van der Waals surface area (Å²) in [7, 11) is 0. The van der Waals surface area contributed by atoms with Crippen LogP contribution in [0.15, 0.2) is 22.7 Å². The molecular weight excluding hydrogens is 347 g/mol. The van der Waals surface area contributed by atoms with E-state index in [-0.39, 0.29) is 24.4 Å². The van der Waals surface area contributed by atoms with Crippen molar-refractivity contribution < 1.29 is 9.18 Å². The summed E-state index contributed by atoms with van der Waals surface area (Å²) in [6.07, 6.45) is 2.05. The quantitative estimate of drug-likeness (QED) is 0.875. The van der Waals surface area contributed by atoms with Gasteiger partial charge in [0.25, 0.3) is 5.91 Å². The Morgan fingerprint density at radius 3 is 2.90 bits per heavy atom. The van der Waals surface area contributed by atoms with Gasteiger partial charge in [-0.05, 0) is 52.9 Å². The molecule has 2 rings (SSSR count). The first-order valence-corrected chi connectivity index (χ1v) is 7.30. The monoisotopic (exact) mass is 364 g/mol. The van der Waals surface area contributed by atoms with Crippen molar-refractivity contribution in [2.24, 2.45) is 11.7 Å². The zero-order valence-corrected chi connectivity index (χ0v) is 13.7. The third kappa shape index (κ3) is 3.51. The van der Waals surface area contributed by atoms with Crippen molar-refractivity contribution in [3.63, 3.8) is 0 Å². The Morgan fingerprint density at radius 2 is 2.25 bits per heavy atom. The summed E-state index contributed by atoms with van der Waals surface area (Å²) in [5, 5.41) is 0. The van der Waals surface area contributed by atoms with E-state index in [0.717, 1.165) is 12.8 Å². The van der Waals surface area contributed by atoms with Crippen LogP contribution in [0.1, 0.15) is 30.1 Å². The van der Waals surface area contributed by atoms with Gasteiger partial charge in [-0.15, -0.1) is 12.4 Å². The van der Waals surface area contributed by atoms with Crippen molar-refractivity contribution in [2.75, 3.05) is 13.1 Å². The highest BCUT2D eigenvalue weighted by molar-refractivity contribution is 9.10. The molecule has 1 amide bonds. The molecule has 0 aliphatic carbocycles. The Kier molecular flexibility index (Phi) is 6.43. The van der Waals surface area contributed by atoms with Crippen LogP contribution in [0.4, 0.5) is 4.39 Å². The van der Waals surface area contributed by atoms with E-state index in [2.05, 4.69) is 22.9 Å². The summed E-state index contributed by atoms with van der Waals surface area (Å²) in [6, 6.07) is 4.21. The van der Waals surface area contributed by atoms with E-state index in [9.17, 15) is 9.18 Å². The lowest BCUT2D eigenvalue weighted by atomic mass is 9.90. The van der Waals surface area contributed by atoms with Crippen molar-refractivity contribution in [3.05, 3.63) is 34.1 Å². The van der Waals surface area contributed by atoms with Gasteiger partial charge in [-0.2, -0.15) is 0 Å². The second-order valence-corrected chi connectivity index (χ2v) is 5.90. The number of halogens is 3. The van der Waals surface area contributed by atoms with E-state index < -0.39 is 5.82 Å². The first kappa shape index (κ1) is 17.4. The minimum absolute atomic E-state index is 0. The molecule has 2 atom stereocenters. The molecule has 2 N–H and O–H groups in total. The number of carbonyl (C=O) groups is 1. The second-order valence-electron chi connectivity index (χ2n) is 5.05. The van der Waals surface area contributed by atoms with Crippen LogP contribution in [-0.4, -0.2) is 29.9 Å². The van der Waals surface area contributed by atoms with Crippen LogP contribution in [-0.2, 0) is 0 Å². The van der Waals surface area contributed by atoms with E-state index in [1.54, 1.807) is 11.0 Å². The number of likely N-dealkylation sites (tertiary alicyclic amines) is 1. The maximum Gasteiger partial charge on any atom is 0.255 e. The number of hydrogen-bond acceptors (Lipinski definition) is 2. The van der Waals surface area contributed by atoms with Crippen LogP contribution in [0.2, 0.25) is 0 Å². The third-order valence-corrected chi connectivity index (χ3v) is 4.47. The molecule has 1 fully saturated rings. The minimum atomic E-state index is -0.402. The number of hydrogen-bond donors (Lipinski definition) is 1. The largest absolute Gasteiger partial charge is 0.334 e. The first-order chi connectivity index (χ1) is 9.04. The molecule has 0 spiro atoms. The molecule has 3 nitrogen and oxygen atoms in total. The van der Waals surface area contributed by atoms with Crippen LogP contribution in [0, 0.1) is 11.7 Å². The van der Waals surface area contributed by atoms with Crippen molar-refractivity contribution >= 4 is 34.2 Å². The smallest absolute Gasteiger partial charge is 0.255 e. The summed E-state index contributed by atoms with van der Waals surface area (Å²) in [4.78, 5) is 14.3. The molecular formula is C14H19BrClFN2O. The summed E-state index contributed by atoms with van der Waals surface area (Å²) >= 11 is 3.31. The molecule has 0 bridgehead atoms. The lowest BCUT2D eigenvalue weighted by molar-refractivity contribution is 0.0531. The molecule has 1 saturated heterocycles. The van der Waals surface area contributed by atoms with Gasteiger partial charge in [0.15, 0.2) is 0 Å². The molecule has 2 unspecified atom stereocenters. The summed E-state index contributed by atoms with van der Waals surface area (Å²) < 4.78 is 13.9. The van der Waals surface area contributed by atoms with Crippen molar-refractivity contribution in [1.29, 1.82) is 0 Å². The number of benzene rings is 1. The van der Waals surface area contributed by atoms with E-state index in [4.69, 9.17) is 5.73 Å². The average Bonchev–Trinajstić information content (AvgIpc) is 2.40. The van der Waals surface area contributed by atoms with Crippen LogP contribution < -0.4 is 5.73 Å². The number of piperidine rings is 1. The molecule has 0 saturated carbocycles. The Bertz CT molecular complexity index is 486. The molecule has 0 aromatic heterocycles. The van der Waals surface area contributed by atoms with Gasteiger partial charge >= 0.3 is 0 Å². The first-order valence-electron chi connectivity index (χ1n) is 6.50. The SMILES string of the molecule is CC1CCCN(C(=O)c2cc(F)ccc2Br)C1CN.Cl. The van der Waals surface area contributed by atoms with E-state index >= 15 is 0 Å². The van der Waals surface area contributed by atoms with Gasteiger partial charge in [-0.1, -0.05) is 6.92 Å². The zero-order chi connectivity index (χ0) is 14.0. The fourth-order valence-corrected chi connectivity index (χ4v) is 3.09. The predicted molar refractivity (Wildman–Crippen MR) is 83.6 cm³/mol. The van der Waals surface area contributed by atoms with Gasteiger partial charge in [0.2, 0.25) is 0 Å². The van der Waals surface area contributed by atoms with Crippen LogP contribution in [0.5, 0.6) is 0 Å². The number of amides is 1. The van der Waals surface area contributed by atoms with E-state index in [1.807, 2.05) is 0 Å². The minimum Gasteiger partial charge on any atom is -0.334 e. The Balaban J connectivity index is 0.00000200. The highest BCUT2D eigenvalue weighted by Gasteiger charge is 2.32. The zero-order valence-electron chi connectivity index (χ0n) is 11.3. The van der Waals surface area contributed by atoms with Gasteiger partial charge in [-0.25, -0.2) is 4.39 Å². The lowest BCUT2D eigenvalue weighted by Gasteiger charge is -2.39. The van der Waals surface area contributed by atoms with Gasteiger partial charge in [0, 0.05) is 23.6 Å². The Hall–Kier alpha value is -0.650. The molecule has 20 heavy (non-hydrogen) atoms. The Labute approximate surface area is 133 Å². The standard InChI is InChI=1S/C14H18BrFN2O.ClH/c1-9-3-2-6-18(13(9)8-17)14(19)11-7-10(16)4-5-12(11)15;/h4-5,7,9,13H,2-3,6,8,17H2,1H3;1H. The molecule has 1 aromatic rings. The van der Waals surface area contributed by atoms with Crippen molar-refractivity contribution in [2.45, 2.75) is 25.8 Å². The number of nitrogens with zero attached hydrogens (tertiary/aromatic N) is 1. The molecule has 112 valence electrons. The van der Waals surface area contributed by atoms with Crippen molar-refractivity contribution in [1.82, 2.24) is 4.90 Å². The molecule has 1 heterocycles. The van der Waals surface area contributed by atoms with Gasteiger partial charge in [0.1, 0.15) is 5.82 Å². The number of nitrogens with two attached hydrogens (primary N) is 1. The molecule has 1 aliphatic rings. The van der Waals surface area contributed by atoms with Crippen LogP contribution in [0.25, 0.3) is 0 Å². The molecule has 6 heteroatoms. The molecule has 1 aliphatic heterocycles. The third-order valence-electron chi connectivity index (χ3n) is 3.78. The summed E-state index contributed by atoms with van der Waals surface area (Å²) in [6.45, 7) is 3.24. The second kappa shape index (κ2) is 7.38. The topological polar surface area (TPSA) is 46.3 Å². The highest BCUT2D eigenvalue weighted by atomic mass is 79.9. The fraction of sp³-hybridized carbons (Fsp3) is 0.500. The van der Waals surface area contributed by atoms with Gasteiger partial charge in [0.05, 0.1) is 5.56 Å². The van der Waals surface area contributed by atoms with E-state index in [0.29, 0.717) is 29.0 Å². The molecule has 0 radical (unpaired) electrons. The van der Waals surface area contributed by atoms with Gasteiger partial charge in [-0.3, -0.25) is 4.79 Å². The summed E-state index contributed by atoms with van der Waals surface area (Å²) in [5.41, 5.74) is 6.16. The average molecular weight is 366 g/mol. The lowest BCUT2D eigenvalue weighted by Crippen LogP contribution is -2.51. The highest BCUT2D eigenvalue weighted by Crippen LogP contribution is 2.27.